The molecular formula is C23H27ClF3N3OS. The van der Waals surface area contributed by atoms with Gasteiger partial charge in [0.1, 0.15) is 16.6 Å². The summed E-state index contributed by atoms with van der Waals surface area (Å²) in [5.74, 6) is 0.689. The van der Waals surface area contributed by atoms with Gasteiger partial charge in [-0.05, 0) is 56.9 Å². The molecule has 0 saturated heterocycles. The predicted molar refractivity (Wildman–Crippen MR) is 125 cm³/mol. The van der Waals surface area contributed by atoms with Crippen molar-refractivity contribution in [3.8, 4) is 17.0 Å². The first kappa shape index (κ1) is 26.1. The van der Waals surface area contributed by atoms with Crippen LogP contribution in [0.15, 0.2) is 52.0 Å². The molecule has 0 aliphatic heterocycles. The minimum Gasteiger partial charge on any atom is -0.406 e. The number of thioether (sulfide) groups is 1. The smallest absolute Gasteiger partial charge is 0.406 e. The second-order valence-corrected chi connectivity index (χ2v) is 8.32. The van der Waals surface area contributed by atoms with Crippen molar-refractivity contribution in [2.24, 2.45) is 0 Å². The van der Waals surface area contributed by atoms with E-state index in [1.165, 1.54) is 29.5 Å². The summed E-state index contributed by atoms with van der Waals surface area (Å²) in [4.78, 5) is 11.4. The van der Waals surface area contributed by atoms with Crippen LogP contribution in [0.25, 0.3) is 11.3 Å². The van der Waals surface area contributed by atoms with E-state index in [-0.39, 0.29) is 5.75 Å². The number of aromatic nitrogens is 2. The molecule has 2 aromatic rings. The van der Waals surface area contributed by atoms with Gasteiger partial charge in [0.15, 0.2) is 0 Å². The molecule has 1 aromatic heterocycles. The fourth-order valence-electron chi connectivity index (χ4n) is 2.77. The van der Waals surface area contributed by atoms with E-state index in [4.69, 9.17) is 21.6 Å². The number of benzene rings is 1. The van der Waals surface area contributed by atoms with Crippen LogP contribution in [0.2, 0.25) is 0 Å². The van der Waals surface area contributed by atoms with E-state index >= 15 is 0 Å². The van der Waals surface area contributed by atoms with Crippen LogP contribution in [0.5, 0.6) is 5.75 Å². The van der Waals surface area contributed by atoms with Crippen molar-refractivity contribution in [3.63, 3.8) is 0 Å². The first-order valence-corrected chi connectivity index (χ1v) is 11.5. The maximum Gasteiger partial charge on any atom is 0.573 e. The molecule has 0 fully saturated rings. The van der Waals surface area contributed by atoms with Gasteiger partial charge in [-0.2, -0.15) is 0 Å². The van der Waals surface area contributed by atoms with Crippen molar-refractivity contribution in [2.45, 2.75) is 52.0 Å². The van der Waals surface area contributed by atoms with Crippen molar-refractivity contribution >= 4 is 23.4 Å². The third-order valence-corrected chi connectivity index (χ3v) is 6.19. The Morgan fingerprint density at radius 2 is 1.88 bits per heavy atom. The molecular weight excluding hydrogens is 459 g/mol. The zero-order chi connectivity index (χ0) is 23.9. The van der Waals surface area contributed by atoms with Crippen LogP contribution >= 0.6 is 23.4 Å². The van der Waals surface area contributed by atoms with E-state index in [1.807, 2.05) is 31.9 Å². The Hall–Kier alpha value is -2.19. The summed E-state index contributed by atoms with van der Waals surface area (Å²) in [6.07, 6.45) is -1.87. The van der Waals surface area contributed by atoms with E-state index in [2.05, 4.69) is 24.0 Å². The Morgan fingerprint density at radius 3 is 2.41 bits per heavy atom. The molecule has 0 spiro atoms. The monoisotopic (exact) mass is 485 g/mol. The maximum atomic E-state index is 12.5. The summed E-state index contributed by atoms with van der Waals surface area (Å²) >= 11 is 7.53. The standard InChI is InChI=1S/C23H27ClF3N3OS/c1-6-15(3)14-32-22-16(4)21(17-8-10-19(11-9-17)31-23(25,26)27)28-20(29-22)13-30(5)18(7-2)12-24/h7-11,14H,6,12-13H2,1-5H3/b15-14?,18-7-. The highest BCUT2D eigenvalue weighted by molar-refractivity contribution is 8.02. The summed E-state index contributed by atoms with van der Waals surface area (Å²) in [5, 5.41) is 2.86. The highest BCUT2D eigenvalue weighted by Crippen LogP contribution is 2.32. The number of halogens is 4. The molecule has 9 heteroatoms. The molecule has 32 heavy (non-hydrogen) atoms. The van der Waals surface area contributed by atoms with Gasteiger partial charge in [0.2, 0.25) is 0 Å². The molecule has 0 aliphatic carbocycles. The van der Waals surface area contributed by atoms with E-state index in [1.54, 1.807) is 12.1 Å². The topological polar surface area (TPSA) is 38.2 Å². The highest BCUT2D eigenvalue weighted by Gasteiger charge is 2.31. The van der Waals surface area contributed by atoms with Crippen molar-refractivity contribution in [3.05, 3.63) is 58.4 Å². The second kappa shape index (κ2) is 11.6. The number of hydrogen-bond acceptors (Lipinski definition) is 5. The molecule has 1 aromatic carbocycles. The van der Waals surface area contributed by atoms with Gasteiger partial charge in [0.25, 0.3) is 0 Å². The minimum atomic E-state index is -4.73. The lowest BCUT2D eigenvalue weighted by Crippen LogP contribution is -2.20. The van der Waals surface area contributed by atoms with Crippen LogP contribution in [-0.2, 0) is 6.54 Å². The van der Waals surface area contributed by atoms with Gasteiger partial charge < -0.3 is 9.64 Å². The first-order valence-electron chi connectivity index (χ1n) is 10.1. The Labute approximate surface area is 196 Å². The third-order valence-electron chi connectivity index (χ3n) is 4.78. The normalized spacial score (nSPS) is 12.8. The Morgan fingerprint density at radius 1 is 1.22 bits per heavy atom. The van der Waals surface area contributed by atoms with Crippen LogP contribution in [-0.4, -0.2) is 34.2 Å². The van der Waals surface area contributed by atoms with Crippen LogP contribution < -0.4 is 4.74 Å². The molecule has 0 atom stereocenters. The minimum absolute atomic E-state index is 0.274. The highest BCUT2D eigenvalue weighted by atomic mass is 35.5. The van der Waals surface area contributed by atoms with E-state index < -0.39 is 6.36 Å². The molecule has 0 amide bonds. The number of allylic oxidation sites excluding steroid dienone is 3. The Balaban J connectivity index is 2.48. The third kappa shape index (κ3) is 7.45. The van der Waals surface area contributed by atoms with Gasteiger partial charge in [-0.25, -0.2) is 9.97 Å². The predicted octanol–water partition coefficient (Wildman–Crippen LogP) is 7.33. The summed E-state index contributed by atoms with van der Waals surface area (Å²) in [7, 11) is 1.91. The summed E-state index contributed by atoms with van der Waals surface area (Å²) in [6, 6.07) is 5.72. The summed E-state index contributed by atoms with van der Waals surface area (Å²) < 4.78 is 41.4. The molecule has 0 radical (unpaired) electrons. The SMILES string of the molecule is C/C=C(/CCl)N(C)Cc1nc(SC=C(C)CC)c(C)c(-c2ccc(OC(F)(F)F)cc2)n1. The quantitative estimate of drug-likeness (QED) is 0.211. The molecule has 174 valence electrons. The van der Waals surface area contributed by atoms with Crippen molar-refractivity contribution < 1.29 is 17.9 Å². The zero-order valence-electron chi connectivity index (χ0n) is 18.8. The number of rotatable bonds is 9. The fourth-order valence-corrected chi connectivity index (χ4v) is 4.04. The maximum absolute atomic E-state index is 12.5. The second-order valence-electron chi connectivity index (χ2n) is 7.20. The van der Waals surface area contributed by atoms with Crippen molar-refractivity contribution in [1.82, 2.24) is 14.9 Å². The van der Waals surface area contributed by atoms with Gasteiger partial charge in [0.05, 0.1) is 18.1 Å². The zero-order valence-corrected chi connectivity index (χ0v) is 20.3. The average molecular weight is 486 g/mol. The van der Waals surface area contributed by atoms with Gasteiger partial charge >= 0.3 is 6.36 Å². The number of hydrogen-bond donors (Lipinski definition) is 0. The molecule has 4 nitrogen and oxygen atoms in total. The van der Waals surface area contributed by atoms with Crippen LogP contribution in [0.4, 0.5) is 13.2 Å². The molecule has 0 unspecified atom stereocenters. The molecule has 1 heterocycles. The van der Waals surface area contributed by atoms with E-state index in [9.17, 15) is 13.2 Å². The van der Waals surface area contributed by atoms with Crippen LogP contribution in [0, 0.1) is 6.92 Å². The number of nitrogens with zero attached hydrogens (tertiary/aromatic N) is 3. The molecule has 2 rings (SSSR count). The Bertz CT molecular complexity index is 976. The first-order chi connectivity index (χ1) is 15.1. The molecule has 0 N–H and O–H groups in total. The summed E-state index contributed by atoms with van der Waals surface area (Å²) in [5.41, 5.74) is 4.38. The van der Waals surface area contributed by atoms with E-state index in [0.29, 0.717) is 29.5 Å². The lowest BCUT2D eigenvalue weighted by molar-refractivity contribution is -0.274. The Kier molecular flexibility index (Phi) is 9.46. The molecule has 0 saturated carbocycles. The van der Waals surface area contributed by atoms with Gasteiger partial charge in [-0.15, -0.1) is 24.8 Å². The average Bonchev–Trinajstić information content (AvgIpc) is 2.74. The van der Waals surface area contributed by atoms with Gasteiger partial charge in [-0.3, -0.25) is 0 Å². The fraction of sp³-hybridized carbons (Fsp3) is 0.391. The van der Waals surface area contributed by atoms with Gasteiger partial charge in [-0.1, -0.05) is 30.3 Å². The summed E-state index contributed by atoms with van der Waals surface area (Å²) in [6.45, 7) is 8.41. The lowest BCUT2D eigenvalue weighted by atomic mass is 10.1. The van der Waals surface area contributed by atoms with Crippen molar-refractivity contribution in [2.75, 3.05) is 12.9 Å². The van der Waals surface area contributed by atoms with Gasteiger partial charge in [0, 0.05) is 23.9 Å². The largest absolute Gasteiger partial charge is 0.573 e. The van der Waals surface area contributed by atoms with E-state index in [0.717, 1.165) is 22.7 Å². The number of ether oxygens (including phenoxy) is 1. The number of alkyl halides is 4. The van der Waals surface area contributed by atoms with Crippen LogP contribution in [0.3, 0.4) is 0 Å². The molecule has 0 aliphatic rings. The lowest BCUT2D eigenvalue weighted by Gasteiger charge is -2.21. The van der Waals surface area contributed by atoms with Crippen molar-refractivity contribution in [1.29, 1.82) is 0 Å². The molecule has 0 bridgehead atoms. The van der Waals surface area contributed by atoms with Crippen LogP contribution in [0.1, 0.15) is 38.6 Å².